The van der Waals surface area contributed by atoms with Gasteiger partial charge in [0.15, 0.2) is 5.75 Å². The second-order valence-electron chi connectivity index (χ2n) is 2.34. The van der Waals surface area contributed by atoms with E-state index in [0.717, 1.165) is 11.5 Å². The van der Waals surface area contributed by atoms with Crippen LogP contribution in [-0.4, -0.2) is 23.1 Å². The molecule has 0 aliphatic carbocycles. The zero-order valence-electron chi connectivity index (χ0n) is 7.50. The van der Waals surface area contributed by atoms with Crippen molar-refractivity contribution in [3.05, 3.63) is 24.3 Å². The summed E-state index contributed by atoms with van der Waals surface area (Å²) in [6.45, 7) is 2.61. The normalized spacial score (nSPS) is 10.0. The average molecular weight is 201 g/mol. The van der Waals surface area contributed by atoms with Crippen LogP contribution in [-0.2, 0) is 0 Å². The summed E-state index contributed by atoms with van der Waals surface area (Å²) in [7, 11) is 0. The summed E-state index contributed by atoms with van der Waals surface area (Å²) in [4.78, 5) is 3.48. The van der Waals surface area contributed by atoms with Crippen molar-refractivity contribution in [2.45, 2.75) is 6.92 Å². The highest BCUT2D eigenvalue weighted by atomic mass is 32.2. The van der Waals surface area contributed by atoms with E-state index in [9.17, 15) is 4.39 Å². The van der Waals surface area contributed by atoms with Crippen molar-refractivity contribution in [2.75, 3.05) is 18.1 Å². The topological polar surface area (TPSA) is 22.1 Å². The second kappa shape index (κ2) is 5.80. The van der Waals surface area contributed by atoms with Gasteiger partial charge < -0.3 is 4.74 Å². The predicted octanol–water partition coefficient (Wildman–Crippen LogP) is 2.35. The third kappa shape index (κ3) is 3.63. The summed E-state index contributed by atoms with van der Waals surface area (Å²) in [6, 6.07) is 3.24. The van der Waals surface area contributed by atoms with Gasteiger partial charge >= 0.3 is 0 Å². The van der Waals surface area contributed by atoms with Gasteiger partial charge in [0.05, 0.1) is 6.61 Å². The third-order valence-corrected chi connectivity index (χ3v) is 2.28. The van der Waals surface area contributed by atoms with Crippen molar-refractivity contribution in [2.24, 2.45) is 0 Å². The van der Waals surface area contributed by atoms with Crippen molar-refractivity contribution < 1.29 is 9.13 Å². The van der Waals surface area contributed by atoms with Gasteiger partial charge in [0, 0.05) is 11.9 Å². The fourth-order valence-corrected chi connectivity index (χ4v) is 1.32. The molecule has 1 heterocycles. The number of halogens is 1. The summed E-state index contributed by atoms with van der Waals surface area (Å²) < 4.78 is 18.0. The van der Waals surface area contributed by atoms with Crippen LogP contribution in [0.4, 0.5) is 4.39 Å². The number of rotatable bonds is 5. The molecule has 0 saturated carbocycles. The number of hydrogen-bond acceptors (Lipinski definition) is 3. The molecule has 0 amide bonds. The summed E-state index contributed by atoms with van der Waals surface area (Å²) >= 11 is 1.77. The van der Waals surface area contributed by atoms with E-state index in [1.807, 2.05) is 0 Å². The number of thioether (sulfide) groups is 1. The zero-order valence-corrected chi connectivity index (χ0v) is 8.31. The Morgan fingerprint density at radius 1 is 1.62 bits per heavy atom. The van der Waals surface area contributed by atoms with E-state index in [1.165, 1.54) is 6.20 Å². The van der Waals surface area contributed by atoms with Gasteiger partial charge in [-0.2, -0.15) is 16.2 Å². The molecule has 1 rings (SSSR count). The second-order valence-corrected chi connectivity index (χ2v) is 3.73. The highest BCUT2D eigenvalue weighted by Crippen LogP contribution is 2.13. The molecule has 13 heavy (non-hydrogen) atoms. The van der Waals surface area contributed by atoms with Gasteiger partial charge in [0.25, 0.3) is 5.95 Å². The first-order valence-electron chi connectivity index (χ1n) is 4.15. The molecule has 1 aromatic rings. The maximum Gasteiger partial charge on any atom is 0.255 e. The van der Waals surface area contributed by atoms with Crippen LogP contribution >= 0.6 is 11.8 Å². The molecule has 72 valence electrons. The number of pyridine rings is 1. The van der Waals surface area contributed by atoms with Gasteiger partial charge in [-0.05, 0) is 17.9 Å². The van der Waals surface area contributed by atoms with Crippen LogP contribution in [0.25, 0.3) is 0 Å². The molecule has 0 radical (unpaired) electrons. The van der Waals surface area contributed by atoms with E-state index in [1.54, 1.807) is 23.9 Å². The molecular weight excluding hydrogens is 189 g/mol. The molecule has 0 saturated heterocycles. The minimum atomic E-state index is -0.538. The van der Waals surface area contributed by atoms with Crippen molar-refractivity contribution in [3.8, 4) is 5.75 Å². The lowest BCUT2D eigenvalue weighted by Crippen LogP contribution is -2.02. The smallest absolute Gasteiger partial charge is 0.255 e. The van der Waals surface area contributed by atoms with Crippen LogP contribution in [0.2, 0.25) is 0 Å². The molecule has 4 heteroatoms. The lowest BCUT2D eigenvalue weighted by molar-refractivity contribution is 0.319. The van der Waals surface area contributed by atoms with E-state index in [0.29, 0.717) is 6.61 Å². The van der Waals surface area contributed by atoms with Crippen LogP contribution in [0.5, 0.6) is 5.75 Å². The highest BCUT2D eigenvalue weighted by Gasteiger charge is 2.01. The Balaban J connectivity index is 2.32. The van der Waals surface area contributed by atoms with Gasteiger partial charge in [0.2, 0.25) is 0 Å². The van der Waals surface area contributed by atoms with Crippen molar-refractivity contribution in [3.63, 3.8) is 0 Å². The van der Waals surface area contributed by atoms with E-state index in [-0.39, 0.29) is 5.75 Å². The Morgan fingerprint density at radius 2 is 2.46 bits per heavy atom. The summed E-state index contributed by atoms with van der Waals surface area (Å²) in [5.74, 6) is 1.63. The zero-order chi connectivity index (χ0) is 9.52. The molecule has 0 aliphatic rings. The molecule has 0 atom stereocenters. The molecule has 0 fully saturated rings. The molecule has 2 nitrogen and oxygen atoms in total. The lowest BCUT2D eigenvalue weighted by atomic mass is 10.4. The van der Waals surface area contributed by atoms with Crippen molar-refractivity contribution in [1.29, 1.82) is 0 Å². The average Bonchev–Trinajstić information content (AvgIpc) is 2.15. The third-order valence-electron chi connectivity index (χ3n) is 1.41. The molecule has 0 unspecified atom stereocenters. The maximum absolute atomic E-state index is 12.9. The maximum atomic E-state index is 12.9. The monoisotopic (exact) mass is 201 g/mol. The molecule has 0 bridgehead atoms. The standard InChI is InChI=1S/C9H12FNOS/c1-2-13-7-6-12-8-4-3-5-11-9(8)10/h3-5H,2,6-7H2,1H3. The Morgan fingerprint density at radius 3 is 3.15 bits per heavy atom. The van der Waals surface area contributed by atoms with Gasteiger partial charge in [-0.1, -0.05) is 6.92 Å². The minimum Gasteiger partial charge on any atom is -0.488 e. The quantitative estimate of drug-likeness (QED) is 0.539. The Labute approximate surface area is 81.5 Å². The van der Waals surface area contributed by atoms with Gasteiger partial charge in [-0.15, -0.1) is 0 Å². The summed E-state index contributed by atoms with van der Waals surface area (Å²) in [5, 5.41) is 0. The molecule has 0 spiro atoms. The first kappa shape index (κ1) is 10.3. The first-order chi connectivity index (χ1) is 6.34. The molecular formula is C9H12FNOS. The fraction of sp³-hybridized carbons (Fsp3) is 0.444. The van der Waals surface area contributed by atoms with E-state index >= 15 is 0 Å². The summed E-state index contributed by atoms with van der Waals surface area (Å²) in [5.41, 5.74) is 0. The van der Waals surface area contributed by atoms with Crippen LogP contribution in [0.15, 0.2) is 18.3 Å². The number of aromatic nitrogens is 1. The first-order valence-corrected chi connectivity index (χ1v) is 5.31. The highest BCUT2D eigenvalue weighted by molar-refractivity contribution is 7.99. The van der Waals surface area contributed by atoms with Crippen LogP contribution < -0.4 is 4.74 Å². The van der Waals surface area contributed by atoms with Gasteiger partial charge in [0.1, 0.15) is 0 Å². The van der Waals surface area contributed by atoms with Crippen LogP contribution in [0.1, 0.15) is 6.92 Å². The van der Waals surface area contributed by atoms with Crippen molar-refractivity contribution >= 4 is 11.8 Å². The number of nitrogens with zero attached hydrogens (tertiary/aromatic N) is 1. The van der Waals surface area contributed by atoms with Gasteiger partial charge in [-0.25, -0.2) is 4.98 Å². The summed E-state index contributed by atoms with van der Waals surface area (Å²) in [6.07, 6.45) is 1.41. The lowest BCUT2D eigenvalue weighted by Gasteiger charge is -2.04. The molecule has 0 N–H and O–H groups in total. The molecule has 0 aliphatic heterocycles. The van der Waals surface area contributed by atoms with Crippen LogP contribution in [0.3, 0.4) is 0 Å². The van der Waals surface area contributed by atoms with E-state index < -0.39 is 5.95 Å². The fourth-order valence-electron chi connectivity index (χ4n) is 0.834. The largest absolute Gasteiger partial charge is 0.488 e. The number of hydrogen-bond donors (Lipinski definition) is 0. The SMILES string of the molecule is CCSCCOc1cccnc1F. The molecule has 1 aromatic heterocycles. The van der Waals surface area contributed by atoms with Crippen LogP contribution in [0, 0.1) is 5.95 Å². The Hall–Kier alpha value is -0.770. The molecule has 0 aromatic carbocycles. The predicted molar refractivity (Wildman–Crippen MR) is 52.7 cm³/mol. The Bertz CT molecular complexity index is 257. The minimum absolute atomic E-state index is 0.235. The van der Waals surface area contributed by atoms with E-state index in [2.05, 4.69) is 11.9 Å². The van der Waals surface area contributed by atoms with Crippen molar-refractivity contribution in [1.82, 2.24) is 4.98 Å². The van der Waals surface area contributed by atoms with Gasteiger partial charge in [-0.3, -0.25) is 0 Å². The van der Waals surface area contributed by atoms with E-state index in [4.69, 9.17) is 4.74 Å². The Kier molecular flexibility index (Phi) is 4.60. The number of ether oxygens (including phenoxy) is 1.